The number of carbonyl (C=O) groups is 3. The minimum atomic E-state index is -4.59. The lowest BCUT2D eigenvalue weighted by Crippen LogP contribution is -2.54. The first-order chi connectivity index (χ1) is 19.5. The predicted molar refractivity (Wildman–Crippen MR) is 147 cm³/mol. The Morgan fingerprint density at radius 1 is 1.21 bits per heavy atom. The van der Waals surface area contributed by atoms with Crippen LogP contribution in [0.5, 0.6) is 5.75 Å². The number of carbonyl (C=O) groups excluding carboxylic acids is 3. The first-order valence-electron chi connectivity index (χ1n) is 13.8. The molecular formula is C29H39F3N4O6. The van der Waals surface area contributed by atoms with Gasteiger partial charge in [-0.05, 0) is 32.4 Å². The summed E-state index contributed by atoms with van der Waals surface area (Å²) < 4.78 is 51.1. The van der Waals surface area contributed by atoms with Gasteiger partial charge in [0.1, 0.15) is 23.6 Å². The number of benzene rings is 1. The third-order valence-corrected chi connectivity index (χ3v) is 7.06. The van der Waals surface area contributed by atoms with E-state index in [1.54, 1.807) is 39.2 Å². The lowest BCUT2D eigenvalue weighted by molar-refractivity contribution is -0.148. The van der Waals surface area contributed by atoms with Gasteiger partial charge in [0.05, 0.1) is 17.9 Å². The van der Waals surface area contributed by atoms with Crippen LogP contribution in [0.15, 0.2) is 34.9 Å². The number of oxazole rings is 1. The van der Waals surface area contributed by atoms with E-state index in [4.69, 9.17) is 9.15 Å². The maximum atomic E-state index is 13.6. The molecule has 2 aromatic rings. The Kier molecular flexibility index (Phi) is 10.3. The Hall–Kier alpha value is -3.61. The van der Waals surface area contributed by atoms with Crippen LogP contribution in [0.1, 0.15) is 75.9 Å². The van der Waals surface area contributed by atoms with Gasteiger partial charge >= 0.3 is 6.18 Å². The summed E-state index contributed by atoms with van der Waals surface area (Å²) in [5.41, 5.74) is -0.293. The van der Waals surface area contributed by atoms with Crippen LogP contribution in [0.25, 0.3) is 0 Å². The predicted octanol–water partition coefficient (Wildman–Crippen LogP) is 3.82. The van der Waals surface area contributed by atoms with Gasteiger partial charge in [-0.2, -0.15) is 13.2 Å². The number of likely N-dealkylation sites (N-methyl/N-ethyl adjacent to an activating group) is 1. The molecule has 10 nitrogen and oxygen atoms in total. The summed E-state index contributed by atoms with van der Waals surface area (Å²) in [5, 5.41) is 12.7. The number of β-amino-alcohol motifs (C(OH)–C–C–N with tert-alkyl or cyclic N) is 1. The van der Waals surface area contributed by atoms with Crippen LogP contribution in [0.3, 0.4) is 0 Å². The van der Waals surface area contributed by atoms with Gasteiger partial charge < -0.3 is 29.4 Å². The maximum Gasteiger partial charge on any atom is 0.389 e. The van der Waals surface area contributed by atoms with E-state index >= 15 is 0 Å². The molecule has 0 aliphatic carbocycles. The summed E-state index contributed by atoms with van der Waals surface area (Å²) in [6.45, 7) is 9.05. The fourth-order valence-corrected chi connectivity index (χ4v) is 4.43. The summed E-state index contributed by atoms with van der Waals surface area (Å²) in [7, 11) is 1.54. The van der Waals surface area contributed by atoms with Crippen molar-refractivity contribution in [2.24, 2.45) is 0 Å². The van der Waals surface area contributed by atoms with Crippen molar-refractivity contribution < 1.29 is 41.8 Å². The number of aromatic nitrogens is 1. The Balaban J connectivity index is 1.81. The van der Waals surface area contributed by atoms with Crippen molar-refractivity contribution in [3.05, 3.63) is 47.7 Å². The lowest BCUT2D eigenvalue weighted by atomic mass is 9.94. The molecule has 1 unspecified atom stereocenters. The van der Waals surface area contributed by atoms with E-state index in [-0.39, 0.29) is 48.2 Å². The Labute approximate surface area is 243 Å². The molecule has 0 saturated carbocycles. The van der Waals surface area contributed by atoms with E-state index in [1.807, 2.05) is 20.8 Å². The van der Waals surface area contributed by atoms with Crippen molar-refractivity contribution in [2.75, 3.05) is 13.6 Å². The number of likely N-dealkylation sites (tertiary alicyclic amines) is 1. The van der Waals surface area contributed by atoms with Gasteiger partial charge in [-0.3, -0.25) is 14.4 Å². The summed E-state index contributed by atoms with van der Waals surface area (Å²) >= 11 is 0. The molecule has 3 atom stereocenters. The van der Waals surface area contributed by atoms with E-state index in [0.29, 0.717) is 5.76 Å². The van der Waals surface area contributed by atoms with Crippen molar-refractivity contribution in [1.29, 1.82) is 0 Å². The van der Waals surface area contributed by atoms with Gasteiger partial charge in [0.15, 0.2) is 6.61 Å². The van der Waals surface area contributed by atoms with Crippen LogP contribution in [0.4, 0.5) is 13.2 Å². The molecule has 1 aliphatic rings. The van der Waals surface area contributed by atoms with Gasteiger partial charge in [0.25, 0.3) is 5.91 Å². The molecule has 2 heterocycles. The van der Waals surface area contributed by atoms with Gasteiger partial charge in [0, 0.05) is 37.9 Å². The number of rotatable bonds is 10. The third-order valence-electron chi connectivity index (χ3n) is 7.06. The van der Waals surface area contributed by atoms with Crippen molar-refractivity contribution in [3.8, 4) is 5.75 Å². The second kappa shape index (κ2) is 13.1. The number of ether oxygens (including phenoxy) is 1. The third kappa shape index (κ3) is 8.46. The lowest BCUT2D eigenvalue weighted by Gasteiger charge is -2.32. The molecule has 3 amide bonds. The first kappa shape index (κ1) is 32.9. The zero-order valence-electron chi connectivity index (χ0n) is 24.7. The molecule has 1 aliphatic heterocycles. The molecule has 3 rings (SSSR count). The highest BCUT2D eigenvalue weighted by Crippen LogP contribution is 2.27. The molecule has 1 saturated heterocycles. The van der Waals surface area contributed by atoms with Gasteiger partial charge in [-0.25, -0.2) is 4.98 Å². The smallest absolute Gasteiger partial charge is 0.389 e. The molecule has 1 aromatic heterocycles. The molecule has 1 fully saturated rings. The topological polar surface area (TPSA) is 125 Å². The molecule has 42 heavy (non-hydrogen) atoms. The van der Waals surface area contributed by atoms with E-state index in [1.165, 1.54) is 17.0 Å². The molecular weight excluding hydrogens is 557 g/mol. The average molecular weight is 597 g/mol. The Bertz CT molecular complexity index is 1260. The number of para-hydroxylation sites is 1. The fraction of sp³-hybridized carbons (Fsp3) is 0.586. The van der Waals surface area contributed by atoms with E-state index in [2.05, 4.69) is 10.3 Å². The normalized spacial score (nSPS) is 18.2. The van der Waals surface area contributed by atoms with Crippen LogP contribution in [-0.2, 0) is 21.6 Å². The minimum absolute atomic E-state index is 0.0152. The number of hydrogen-bond acceptors (Lipinski definition) is 7. The molecule has 1 aromatic carbocycles. The monoisotopic (exact) mass is 596 g/mol. The van der Waals surface area contributed by atoms with Crippen LogP contribution in [-0.4, -0.2) is 81.6 Å². The van der Waals surface area contributed by atoms with E-state index in [0.717, 1.165) is 4.90 Å². The molecule has 232 valence electrons. The number of aliphatic hydroxyl groups is 1. The van der Waals surface area contributed by atoms with Crippen molar-refractivity contribution >= 4 is 17.7 Å². The van der Waals surface area contributed by atoms with Gasteiger partial charge in [-0.15, -0.1) is 0 Å². The number of halogens is 3. The van der Waals surface area contributed by atoms with Crippen LogP contribution in [0, 0.1) is 0 Å². The number of nitrogens with one attached hydrogen (secondary N) is 1. The quantitative estimate of drug-likeness (QED) is 0.427. The second-order valence-corrected chi connectivity index (χ2v) is 11.8. The Morgan fingerprint density at radius 3 is 2.48 bits per heavy atom. The second-order valence-electron chi connectivity index (χ2n) is 11.8. The zero-order valence-corrected chi connectivity index (χ0v) is 24.7. The molecule has 2 N–H and O–H groups in total. The highest BCUT2D eigenvalue weighted by Gasteiger charge is 2.43. The van der Waals surface area contributed by atoms with Gasteiger partial charge in [-0.1, -0.05) is 32.9 Å². The average Bonchev–Trinajstić information content (AvgIpc) is 3.55. The summed E-state index contributed by atoms with van der Waals surface area (Å²) in [4.78, 5) is 46.6. The van der Waals surface area contributed by atoms with Gasteiger partial charge in [0.2, 0.25) is 17.7 Å². The molecule has 0 radical (unpaired) electrons. The summed E-state index contributed by atoms with van der Waals surface area (Å²) in [5.74, 6) is -1.15. The molecule has 0 spiro atoms. The summed E-state index contributed by atoms with van der Waals surface area (Å²) in [6, 6.07) is 3.18. The van der Waals surface area contributed by atoms with Crippen LogP contribution in [0.2, 0.25) is 0 Å². The number of amides is 3. The number of alkyl halides is 3. The van der Waals surface area contributed by atoms with Crippen LogP contribution < -0.4 is 10.1 Å². The zero-order chi connectivity index (χ0) is 31.4. The standard InChI is InChI=1S/C29H39F3N4O6/c1-17(2)35(6)27(40)21-13-18(37)15-36(21)26(39)20(11-12-29(30,31)32)34-25(38)19-9-7-8-10-22(19)41-16-24-33-14-23(42-24)28(3,4)5/h7-10,14,17-18,20-21,37H,11-13,15-16H2,1-6H3,(H,34,38)/t18-,20?,21+/m0/s1. The van der Waals surface area contributed by atoms with Crippen LogP contribution >= 0.6 is 0 Å². The van der Waals surface area contributed by atoms with E-state index in [9.17, 15) is 32.7 Å². The number of aliphatic hydroxyl groups excluding tert-OH is 1. The SMILES string of the molecule is CC(C)N(C)C(=O)[C@H]1C[C@H](O)CN1C(=O)C(CCC(F)(F)F)NC(=O)c1ccccc1OCc1ncc(C(C)(C)C)o1. The molecule has 0 bridgehead atoms. The first-order valence-corrected chi connectivity index (χ1v) is 13.8. The molecule has 13 heteroatoms. The number of hydrogen-bond donors (Lipinski definition) is 2. The summed E-state index contributed by atoms with van der Waals surface area (Å²) in [6.07, 6.45) is -6.20. The number of nitrogens with zero attached hydrogens (tertiary/aromatic N) is 3. The fourth-order valence-electron chi connectivity index (χ4n) is 4.43. The highest BCUT2D eigenvalue weighted by molar-refractivity contribution is 6.00. The van der Waals surface area contributed by atoms with Crippen molar-refractivity contribution in [2.45, 2.75) is 96.3 Å². The van der Waals surface area contributed by atoms with E-state index < -0.39 is 54.9 Å². The largest absolute Gasteiger partial charge is 0.483 e. The van der Waals surface area contributed by atoms with Crippen molar-refractivity contribution in [1.82, 2.24) is 20.1 Å². The minimum Gasteiger partial charge on any atom is -0.483 e. The highest BCUT2D eigenvalue weighted by atomic mass is 19.4. The Morgan fingerprint density at radius 2 is 1.88 bits per heavy atom. The van der Waals surface area contributed by atoms with Crippen molar-refractivity contribution in [3.63, 3.8) is 0 Å². The maximum absolute atomic E-state index is 13.6.